The minimum Gasteiger partial charge on any atom is -0.381 e. The van der Waals surface area contributed by atoms with Gasteiger partial charge in [-0.15, -0.1) is 0 Å². The molecule has 25 heavy (non-hydrogen) atoms. The molecule has 0 radical (unpaired) electrons. The molecule has 0 aromatic heterocycles. The Labute approximate surface area is 160 Å². The van der Waals surface area contributed by atoms with Crippen LogP contribution >= 0.6 is 0 Å². The normalized spacial score (nSPS) is 11.5. The highest BCUT2D eigenvalue weighted by molar-refractivity contribution is 4.51. The van der Waals surface area contributed by atoms with E-state index in [0.29, 0.717) is 0 Å². The van der Waals surface area contributed by atoms with Crippen LogP contribution in [0.5, 0.6) is 0 Å². The predicted octanol–water partition coefficient (Wildman–Crippen LogP) is 8.70. The van der Waals surface area contributed by atoms with Crippen molar-refractivity contribution in [3.63, 3.8) is 0 Å². The van der Waals surface area contributed by atoms with Crippen LogP contribution in [0, 0.1) is 5.92 Å². The van der Waals surface area contributed by atoms with Crippen LogP contribution in [0.2, 0.25) is 0 Å². The zero-order valence-corrected chi connectivity index (χ0v) is 18.1. The van der Waals surface area contributed by atoms with Crippen LogP contribution in [0.15, 0.2) is 0 Å². The van der Waals surface area contributed by atoms with Gasteiger partial charge in [0.05, 0.1) is 0 Å². The summed E-state index contributed by atoms with van der Waals surface area (Å²) in [6.07, 6.45) is 25.5. The summed E-state index contributed by atoms with van der Waals surface area (Å²) in [5.41, 5.74) is 0. The summed E-state index contributed by atoms with van der Waals surface area (Å²) in [6, 6.07) is 0. The molecule has 1 nitrogen and oxygen atoms in total. The second-order valence-electron chi connectivity index (χ2n) is 8.45. The third kappa shape index (κ3) is 24.0. The fraction of sp³-hybridized carbons (Fsp3) is 1.00. The van der Waals surface area contributed by atoms with E-state index in [0.717, 1.165) is 19.1 Å². The lowest BCUT2D eigenvalue weighted by molar-refractivity contribution is 0.127. The zero-order valence-electron chi connectivity index (χ0n) is 18.1. The van der Waals surface area contributed by atoms with Gasteiger partial charge >= 0.3 is 0 Å². The maximum absolute atomic E-state index is 5.60. The standard InChI is InChI=1S/C24H50O/c1-4-5-22-25-23-20-18-16-14-12-10-8-6-7-9-11-13-15-17-19-21-24(2)3/h24H,4-23H2,1-3H3. The van der Waals surface area contributed by atoms with E-state index in [1.54, 1.807) is 0 Å². The van der Waals surface area contributed by atoms with Gasteiger partial charge in [0.2, 0.25) is 0 Å². The molecule has 0 N–H and O–H groups in total. The van der Waals surface area contributed by atoms with Crippen molar-refractivity contribution in [3.8, 4) is 0 Å². The van der Waals surface area contributed by atoms with Crippen molar-refractivity contribution in [1.82, 2.24) is 0 Å². The van der Waals surface area contributed by atoms with Gasteiger partial charge in [-0.25, -0.2) is 0 Å². The first-order valence-electron chi connectivity index (χ1n) is 11.8. The Morgan fingerprint density at radius 1 is 0.480 bits per heavy atom. The molecular weight excluding hydrogens is 304 g/mol. The lowest BCUT2D eigenvalue weighted by atomic mass is 10.0. The van der Waals surface area contributed by atoms with Crippen LogP contribution in [-0.4, -0.2) is 13.2 Å². The van der Waals surface area contributed by atoms with Gasteiger partial charge in [-0.05, 0) is 18.8 Å². The van der Waals surface area contributed by atoms with Crippen molar-refractivity contribution in [1.29, 1.82) is 0 Å². The lowest BCUT2D eigenvalue weighted by Gasteiger charge is -2.05. The minimum atomic E-state index is 0.893. The van der Waals surface area contributed by atoms with Gasteiger partial charge in [0.25, 0.3) is 0 Å². The molecule has 152 valence electrons. The first-order valence-corrected chi connectivity index (χ1v) is 11.8. The van der Waals surface area contributed by atoms with E-state index in [1.165, 1.54) is 116 Å². The molecule has 0 amide bonds. The summed E-state index contributed by atoms with van der Waals surface area (Å²) in [5.74, 6) is 0.893. The van der Waals surface area contributed by atoms with Crippen molar-refractivity contribution in [2.75, 3.05) is 13.2 Å². The van der Waals surface area contributed by atoms with Gasteiger partial charge in [-0.1, -0.05) is 124 Å². The molecule has 0 rings (SSSR count). The summed E-state index contributed by atoms with van der Waals surface area (Å²) in [4.78, 5) is 0. The Morgan fingerprint density at radius 3 is 1.24 bits per heavy atom. The Balaban J connectivity index is 2.96. The van der Waals surface area contributed by atoms with Crippen LogP contribution in [0.4, 0.5) is 0 Å². The molecule has 0 heterocycles. The molecule has 0 aromatic rings. The predicted molar refractivity (Wildman–Crippen MR) is 114 cm³/mol. The zero-order chi connectivity index (χ0) is 18.4. The maximum Gasteiger partial charge on any atom is 0.0466 e. The van der Waals surface area contributed by atoms with Crippen LogP contribution in [0.1, 0.15) is 136 Å². The number of hydrogen-bond acceptors (Lipinski definition) is 1. The highest BCUT2D eigenvalue weighted by atomic mass is 16.5. The highest BCUT2D eigenvalue weighted by Gasteiger charge is 1.96. The second-order valence-corrected chi connectivity index (χ2v) is 8.45. The molecule has 0 bridgehead atoms. The molecule has 1 heteroatoms. The van der Waals surface area contributed by atoms with Crippen molar-refractivity contribution < 1.29 is 4.74 Å². The molecule has 0 aliphatic carbocycles. The van der Waals surface area contributed by atoms with E-state index in [1.807, 2.05) is 0 Å². The number of hydrogen-bond donors (Lipinski definition) is 0. The fourth-order valence-corrected chi connectivity index (χ4v) is 3.40. The van der Waals surface area contributed by atoms with Gasteiger partial charge in [0.1, 0.15) is 0 Å². The molecule has 0 spiro atoms. The highest BCUT2D eigenvalue weighted by Crippen LogP contribution is 2.14. The summed E-state index contributed by atoms with van der Waals surface area (Å²) < 4.78 is 5.60. The largest absolute Gasteiger partial charge is 0.381 e. The van der Waals surface area contributed by atoms with Crippen LogP contribution in [-0.2, 0) is 4.74 Å². The third-order valence-corrected chi connectivity index (χ3v) is 5.21. The topological polar surface area (TPSA) is 9.23 Å². The molecule has 0 aromatic carbocycles. The number of unbranched alkanes of at least 4 members (excludes halogenated alkanes) is 15. The van der Waals surface area contributed by atoms with E-state index < -0.39 is 0 Å². The number of rotatable bonds is 21. The molecule has 0 aliphatic heterocycles. The Morgan fingerprint density at radius 2 is 0.840 bits per heavy atom. The molecular formula is C24H50O. The molecule has 0 unspecified atom stereocenters. The summed E-state index contributed by atoms with van der Waals surface area (Å²) >= 11 is 0. The maximum atomic E-state index is 5.60. The summed E-state index contributed by atoms with van der Waals surface area (Å²) in [7, 11) is 0. The fourth-order valence-electron chi connectivity index (χ4n) is 3.40. The quantitative estimate of drug-likeness (QED) is 0.187. The van der Waals surface area contributed by atoms with E-state index in [9.17, 15) is 0 Å². The summed E-state index contributed by atoms with van der Waals surface area (Å²) in [5, 5.41) is 0. The van der Waals surface area contributed by atoms with Gasteiger partial charge in [0.15, 0.2) is 0 Å². The Bertz CT molecular complexity index is 224. The Kier molecular flexibility index (Phi) is 22.0. The van der Waals surface area contributed by atoms with Crippen molar-refractivity contribution in [2.45, 2.75) is 136 Å². The Hall–Kier alpha value is -0.0400. The van der Waals surface area contributed by atoms with Gasteiger partial charge in [0, 0.05) is 13.2 Å². The smallest absolute Gasteiger partial charge is 0.0466 e. The number of ether oxygens (including phenoxy) is 1. The molecule has 0 saturated carbocycles. The average Bonchev–Trinajstić information content (AvgIpc) is 2.60. The second kappa shape index (κ2) is 22.0. The van der Waals surface area contributed by atoms with Gasteiger partial charge in [-0.2, -0.15) is 0 Å². The molecule has 0 aliphatic rings. The van der Waals surface area contributed by atoms with Crippen LogP contribution in [0.25, 0.3) is 0 Å². The van der Waals surface area contributed by atoms with E-state index in [4.69, 9.17) is 4.74 Å². The SMILES string of the molecule is CCCCOCCCCCCCCCCCCCCCCCC(C)C. The first-order chi connectivity index (χ1) is 12.3. The van der Waals surface area contributed by atoms with Crippen molar-refractivity contribution in [2.24, 2.45) is 5.92 Å². The van der Waals surface area contributed by atoms with Crippen LogP contribution in [0.3, 0.4) is 0 Å². The van der Waals surface area contributed by atoms with Gasteiger partial charge < -0.3 is 4.74 Å². The third-order valence-electron chi connectivity index (χ3n) is 5.21. The van der Waals surface area contributed by atoms with Crippen LogP contribution < -0.4 is 0 Å². The van der Waals surface area contributed by atoms with E-state index in [2.05, 4.69) is 20.8 Å². The average molecular weight is 355 g/mol. The minimum absolute atomic E-state index is 0.893. The molecule has 0 saturated heterocycles. The first kappa shape index (κ1) is 25.0. The van der Waals surface area contributed by atoms with Crippen molar-refractivity contribution >= 4 is 0 Å². The monoisotopic (exact) mass is 354 g/mol. The molecule has 0 fully saturated rings. The van der Waals surface area contributed by atoms with Crippen molar-refractivity contribution in [3.05, 3.63) is 0 Å². The summed E-state index contributed by atoms with van der Waals surface area (Å²) in [6.45, 7) is 8.85. The lowest BCUT2D eigenvalue weighted by Crippen LogP contribution is -1.96. The van der Waals surface area contributed by atoms with E-state index >= 15 is 0 Å². The van der Waals surface area contributed by atoms with E-state index in [-0.39, 0.29) is 0 Å². The molecule has 0 atom stereocenters. The van der Waals surface area contributed by atoms with Gasteiger partial charge in [-0.3, -0.25) is 0 Å².